The number of nitrogens with zero attached hydrogens (tertiary/aromatic N) is 1. The highest BCUT2D eigenvalue weighted by atomic mass is 35.5. The molecule has 2 aromatic rings. The molecule has 0 radical (unpaired) electrons. The maximum atomic E-state index is 12.0. The summed E-state index contributed by atoms with van der Waals surface area (Å²) >= 11 is 7.37. The first-order valence-corrected chi connectivity index (χ1v) is 7.51. The van der Waals surface area contributed by atoms with Crippen LogP contribution in [0.25, 0.3) is 11.3 Å². The Hall–Kier alpha value is -1.39. The third kappa shape index (κ3) is 3.38. The van der Waals surface area contributed by atoms with Crippen molar-refractivity contribution in [2.45, 2.75) is 27.7 Å². The van der Waals surface area contributed by atoms with Crippen molar-refractivity contribution in [1.82, 2.24) is 4.98 Å². The quantitative estimate of drug-likeness (QED) is 0.869. The summed E-state index contributed by atoms with van der Waals surface area (Å²) in [4.78, 5) is 17.5. The van der Waals surface area contributed by atoms with Gasteiger partial charge in [0, 0.05) is 20.9 Å². The zero-order valence-electron chi connectivity index (χ0n) is 12.0. The number of aryl methyl sites for hydroxylation is 1. The third-order valence-corrected chi connectivity index (χ3v) is 3.95. The van der Waals surface area contributed by atoms with Crippen molar-refractivity contribution < 1.29 is 4.79 Å². The molecular weight excluding hydrogens is 292 g/mol. The Balaban J connectivity index is 2.26. The maximum absolute atomic E-state index is 12.0. The molecule has 0 unspecified atom stereocenters. The third-order valence-electron chi connectivity index (χ3n) is 2.82. The molecule has 1 aromatic heterocycles. The van der Waals surface area contributed by atoms with Gasteiger partial charge in [0.15, 0.2) is 5.13 Å². The molecule has 1 heterocycles. The minimum absolute atomic E-state index is 0.0334. The fourth-order valence-electron chi connectivity index (χ4n) is 1.61. The zero-order valence-corrected chi connectivity index (χ0v) is 13.5. The molecule has 5 heteroatoms. The van der Waals surface area contributed by atoms with Gasteiger partial charge in [-0.15, -0.1) is 11.3 Å². The van der Waals surface area contributed by atoms with Crippen molar-refractivity contribution in [2.75, 3.05) is 5.32 Å². The summed E-state index contributed by atoms with van der Waals surface area (Å²) in [5, 5.41) is 4.20. The Bertz CT molecular complexity index is 626. The predicted octanol–water partition coefficient (Wildman–Crippen LogP) is 4.76. The highest BCUT2D eigenvalue weighted by molar-refractivity contribution is 7.16. The zero-order chi connectivity index (χ0) is 14.9. The van der Waals surface area contributed by atoms with Gasteiger partial charge in [0.25, 0.3) is 0 Å². The molecule has 20 heavy (non-hydrogen) atoms. The van der Waals surface area contributed by atoms with Gasteiger partial charge in [-0.25, -0.2) is 4.98 Å². The number of halogens is 1. The average Bonchev–Trinajstić information content (AvgIpc) is 2.70. The van der Waals surface area contributed by atoms with Crippen LogP contribution in [0, 0.1) is 12.3 Å². The molecular formula is C15H17ClN2OS. The Kier molecular flexibility index (Phi) is 4.16. The molecule has 0 bridgehead atoms. The van der Waals surface area contributed by atoms with E-state index >= 15 is 0 Å². The van der Waals surface area contributed by atoms with Crippen LogP contribution in [0.1, 0.15) is 25.6 Å². The average molecular weight is 309 g/mol. The van der Waals surface area contributed by atoms with Crippen LogP contribution < -0.4 is 5.32 Å². The molecule has 0 fully saturated rings. The molecule has 1 N–H and O–H groups in total. The van der Waals surface area contributed by atoms with E-state index in [1.54, 1.807) is 0 Å². The van der Waals surface area contributed by atoms with E-state index in [-0.39, 0.29) is 5.91 Å². The van der Waals surface area contributed by atoms with Crippen LogP contribution in [0.5, 0.6) is 0 Å². The number of hydrogen-bond acceptors (Lipinski definition) is 3. The van der Waals surface area contributed by atoms with Gasteiger partial charge >= 0.3 is 0 Å². The summed E-state index contributed by atoms with van der Waals surface area (Å²) in [6.45, 7) is 7.63. The Morgan fingerprint density at radius 2 is 1.85 bits per heavy atom. The Labute approximate surface area is 128 Å². The summed E-state index contributed by atoms with van der Waals surface area (Å²) in [6.07, 6.45) is 0. The smallest absolute Gasteiger partial charge is 0.231 e. The molecule has 3 nitrogen and oxygen atoms in total. The number of anilines is 1. The van der Waals surface area contributed by atoms with E-state index in [2.05, 4.69) is 10.3 Å². The summed E-state index contributed by atoms with van der Waals surface area (Å²) < 4.78 is 0. The number of carbonyl (C=O) groups excluding carboxylic acids is 1. The van der Waals surface area contributed by atoms with Gasteiger partial charge in [-0.1, -0.05) is 44.5 Å². The lowest BCUT2D eigenvalue weighted by Crippen LogP contribution is -2.27. The van der Waals surface area contributed by atoms with E-state index in [4.69, 9.17) is 11.6 Å². The summed E-state index contributed by atoms with van der Waals surface area (Å²) in [6, 6.07) is 7.53. The number of hydrogen-bond donors (Lipinski definition) is 1. The van der Waals surface area contributed by atoms with Crippen LogP contribution in [0.4, 0.5) is 5.13 Å². The van der Waals surface area contributed by atoms with Crippen molar-refractivity contribution in [1.29, 1.82) is 0 Å². The van der Waals surface area contributed by atoms with E-state index in [0.717, 1.165) is 16.1 Å². The largest absolute Gasteiger partial charge is 0.301 e. The fourth-order valence-corrected chi connectivity index (χ4v) is 2.57. The molecule has 0 saturated heterocycles. The predicted molar refractivity (Wildman–Crippen MR) is 85.4 cm³/mol. The molecule has 0 aliphatic rings. The summed E-state index contributed by atoms with van der Waals surface area (Å²) in [5.41, 5.74) is 1.45. The fraction of sp³-hybridized carbons (Fsp3) is 0.333. The van der Waals surface area contributed by atoms with E-state index in [9.17, 15) is 4.79 Å². The second kappa shape index (κ2) is 5.54. The van der Waals surface area contributed by atoms with Crippen LogP contribution in [0.2, 0.25) is 5.02 Å². The molecule has 1 amide bonds. The van der Waals surface area contributed by atoms with E-state index in [1.807, 2.05) is 52.0 Å². The van der Waals surface area contributed by atoms with Gasteiger partial charge in [0.1, 0.15) is 0 Å². The van der Waals surface area contributed by atoms with Crippen molar-refractivity contribution >= 4 is 34.0 Å². The van der Waals surface area contributed by atoms with Crippen molar-refractivity contribution in [2.24, 2.45) is 5.41 Å². The van der Waals surface area contributed by atoms with Gasteiger partial charge in [-0.3, -0.25) is 4.79 Å². The summed E-state index contributed by atoms with van der Waals surface area (Å²) in [7, 11) is 0. The minimum atomic E-state index is -0.431. The second-order valence-corrected chi connectivity index (χ2v) is 7.27. The van der Waals surface area contributed by atoms with Crippen molar-refractivity contribution in [3.8, 4) is 11.3 Å². The SMILES string of the molecule is Cc1sc(NC(=O)C(C)(C)C)nc1-c1ccc(Cl)cc1. The minimum Gasteiger partial charge on any atom is -0.301 e. The van der Waals surface area contributed by atoms with Crippen LogP contribution in [0.3, 0.4) is 0 Å². The van der Waals surface area contributed by atoms with Gasteiger partial charge < -0.3 is 5.32 Å². The first-order chi connectivity index (χ1) is 9.27. The number of benzene rings is 1. The van der Waals surface area contributed by atoms with Crippen LogP contribution in [-0.4, -0.2) is 10.9 Å². The molecule has 0 aliphatic carbocycles. The van der Waals surface area contributed by atoms with E-state index in [1.165, 1.54) is 11.3 Å². The molecule has 0 saturated carbocycles. The standard InChI is InChI=1S/C15H17ClN2OS/c1-9-12(10-5-7-11(16)8-6-10)17-14(20-9)18-13(19)15(2,3)4/h5-8H,1-4H3,(H,17,18,19). The lowest BCUT2D eigenvalue weighted by molar-refractivity contribution is -0.123. The first kappa shape index (κ1) is 15.0. The molecule has 2 rings (SSSR count). The monoisotopic (exact) mass is 308 g/mol. The Morgan fingerprint density at radius 3 is 2.40 bits per heavy atom. The number of carbonyl (C=O) groups is 1. The molecule has 106 valence electrons. The van der Waals surface area contributed by atoms with E-state index < -0.39 is 5.41 Å². The van der Waals surface area contributed by atoms with Crippen molar-refractivity contribution in [3.63, 3.8) is 0 Å². The number of aromatic nitrogens is 1. The molecule has 0 atom stereocenters. The number of nitrogens with one attached hydrogen (secondary N) is 1. The van der Waals surface area contributed by atoms with Crippen LogP contribution in [-0.2, 0) is 4.79 Å². The maximum Gasteiger partial charge on any atom is 0.231 e. The van der Waals surface area contributed by atoms with Gasteiger partial charge in [-0.2, -0.15) is 0 Å². The number of thiazole rings is 1. The highest BCUT2D eigenvalue weighted by Gasteiger charge is 2.22. The van der Waals surface area contributed by atoms with Gasteiger partial charge in [-0.05, 0) is 19.1 Å². The lowest BCUT2D eigenvalue weighted by Gasteiger charge is -2.15. The molecule has 1 aromatic carbocycles. The first-order valence-electron chi connectivity index (χ1n) is 6.32. The highest BCUT2D eigenvalue weighted by Crippen LogP contribution is 2.31. The normalized spacial score (nSPS) is 11.4. The Morgan fingerprint density at radius 1 is 1.25 bits per heavy atom. The molecule has 0 spiro atoms. The summed E-state index contributed by atoms with van der Waals surface area (Å²) in [5.74, 6) is -0.0334. The molecule has 0 aliphatic heterocycles. The van der Waals surface area contributed by atoms with Gasteiger partial charge in [0.05, 0.1) is 5.69 Å². The second-order valence-electron chi connectivity index (χ2n) is 5.63. The number of rotatable bonds is 2. The van der Waals surface area contributed by atoms with Crippen LogP contribution in [0.15, 0.2) is 24.3 Å². The van der Waals surface area contributed by atoms with Gasteiger partial charge in [0.2, 0.25) is 5.91 Å². The van der Waals surface area contributed by atoms with Crippen LogP contribution >= 0.6 is 22.9 Å². The lowest BCUT2D eigenvalue weighted by atomic mass is 9.96. The van der Waals surface area contributed by atoms with E-state index in [0.29, 0.717) is 10.2 Å². The van der Waals surface area contributed by atoms with Crippen molar-refractivity contribution in [3.05, 3.63) is 34.2 Å². The number of amides is 1. The topological polar surface area (TPSA) is 42.0 Å².